The zero-order valence-corrected chi connectivity index (χ0v) is 13.2. The molecule has 0 radical (unpaired) electrons. The predicted molar refractivity (Wildman–Crippen MR) is 86.3 cm³/mol. The van der Waals surface area contributed by atoms with Gasteiger partial charge < -0.3 is 10.2 Å². The highest BCUT2D eigenvalue weighted by molar-refractivity contribution is 5.18. The van der Waals surface area contributed by atoms with E-state index < -0.39 is 0 Å². The van der Waals surface area contributed by atoms with E-state index in [1.54, 1.807) is 0 Å². The molecular formula is C17H28N4. The molecule has 0 aliphatic carbocycles. The van der Waals surface area contributed by atoms with Crippen LogP contribution in [0, 0.1) is 12.8 Å². The maximum atomic E-state index is 4.39. The molecule has 0 aromatic carbocycles. The summed E-state index contributed by atoms with van der Waals surface area (Å²) in [4.78, 5) is 9.64. The van der Waals surface area contributed by atoms with Gasteiger partial charge in [-0.1, -0.05) is 6.07 Å². The molecule has 4 heteroatoms. The van der Waals surface area contributed by atoms with Crippen molar-refractivity contribution in [3.05, 3.63) is 29.6 Å². The number of aryl methyl sites for hydroxylation is 1. The number of nitrogens with zero attached hydrogens (tertiary/aromatic N) is 3. The van der Waals surface area contributed by atoms with Crippen LogP contribution in [0.25, 0.3) is 0 Å². The first-order valence-corrected chi connectivity index (χ1v) is 8.37. The highest BCUT2D eigenvalue weighted by atomic mass is 15.3. The summed E-state index contributed by atoms with van der Waals surface area (Å²) >= 11 is 0. The van der Waals surface area contributed by atoms with E-state index in [1.165, 1.54) is 69.9 Å². The summed E-state index contributed by atoms with van der Waals surface area (Å²) in [5.74, 6) is 0.915. The molecule has 3 rings (SSSR count). The molecule has 2 aliphatic rings. The van der Waals surface area contributed by atoms with Crippen LogP contribution >= 0.6 is 0 Å². The first-order valence-electron chi connectivity index (χ1n) is 8.37. The number of aromatic nitrogens is 1. The Morgan fingerprint density at radius 3 is 2.57 bits per heavy atom. The average Bonchev–Trinajstić information content (AvgIpc) is 2.52. The minimum atomic E-state index is 0.915. The summed E-state index contributed by atoms with van der Waals surface area (Å²) in [5.41, 5.74) is 2.55. The van der Waals surface area contributed by atoms with Crippen LogP contribution in [0.3, 0.4) is 0 Å². The molecular weight excluding hydrogens is 260 g/mol. The molecule has 0 saturated carbocycles. The summed E-state index contributed by atoms with van der Waals surface area (Å²) in [7, 11) is 0. The van der Waals surface area contributed by atoms with Crippen molar-refractivity contribution < 1.29 is 0 Å². The van der Waals surface area contributed by atoms with Crippen LogP contribution in [-0.4, -0.2) is 60.6 Å². The molecule has 116 valence electrons. The fourth-order valence-corrected chi connectivity index (χ4v) is 3.48. The number of hydrogen-bond donors (Lipinski definition) is 1. The molecule has 0 bridgehead atoms. The van der Waals surface area contributed by atoms with Crippen molar-refractivity contribution in [3.63, 3.8) is 0 Å². The number of pyridine rings is 1. The van der Waals surface area contributed by atoms with E-state index in [0.717, 1.165) is 12.5 Å². The van der Waals surface area contributed by atoms with Crippen molar-refractivity contribution in [1.29, 1.82) is 0 Å². The van der Waals surface area contributed by atoms with E-state index in [2.05, 4.69) is 39.2 Å². The highest BCUT2D eigenvalue weighted by Crippen LogP contribution is 2.16. The van der Waals surface area contributed by atoms with E-state index in [0.29, 0.717) is 0 Å². The average molecular weight is 288 g/mol. The van der Waals surface area contributed by atoms with E-state index in [-0.39, 0.29) is 0 Å². The Hall–Kier alpha value is -0.970. The van der Waals surface area contributed by atoms with Gasteiger partial charge in [-0.15, -0.1) is 0 Å². The lowest BCUT2D eigenvalue weighted by molar-refractivity contribution is 0.106. The van der Waals surface area contributed by atoms with Crippen molar-refractivity contribution in [2.75, 3.05) is 45.8 Å². The van der Waals surface area contributed by atoms with Crippen LogP contribution in [0.1, 0.15) is 24.1 Å². The van der Waals surface area contributed by atoms with Gasteiger partial charge in [-0.2, -0.15) is 0 Å². The molecule has 2 saturated heterocycles. The molecule has 0 unspecified atom stereocenters. The van der Waals surface area contributed by atoms with E-state index in [1.807, 2.05) is 6.20 Å². The quantitative estimate of drug-likeness (QED) is 0.910. The molecule has 2 aliphatic heterocycles. The lowest BCUT2D eigenvalue weighted by Crippen LogP contribution is -2.48. The molecule has 21 heavy (non-hydrogen) atoms. The summed E-state index contributed by atoms with van der Waals surface area (Å²) < 4.78 is 0. The lowest BCUT2D eigenvalue weighted by Gasteiger charge is -2.37. The van der Waals surface area contributed by atoms with Crippen LogP contribution in [-0.2, 0) is 6.54 Å². The third-order valence-corrected chi connectivity index (χ3v) is 4.95. The van der Waals surface area contributed by atoms with E-state index in [9.17, 15) is 0 Å². The molecule has 0 atom stereocenters. The zero-order chi connectivity index (χ0) is 14.5. The summed E-state index contributed by atoms with van der Waals surface area (Å²) in [6.07, 6.45) is 4.60. The normalized spacial score (nSPS) is 22.5. The summed E-state index contributed by atoms with van der Waals surface area (Å²) in [6.45, 7) is 11.7. The lowest BCUT2D eigenvalue weighted by atomic mass is 9.97. The molecule has 0 amide bonds. The molecule has 0 spiro atoms. The number of hydrogen-bond acceptors (Lipinski definition) is 4. The number of rotatable bonds is 4. The van der Waals surface area contributed by atoms with Crippen molar-refractivity contribution in [2.45, 2.75) is 26.3 Å². The Bertz CT molecular complexity index is 434. The fraction of sp³-hybridized carbons (Fsp3) is 0.706. The smallest absolute Gasteiger partial charge is 0.0417 e. The highest BCUT2D eigenvalue weighted by Gasteiger charge is 2.21. The molecule has 1 aromatic rings. The fourth-order valence-electron chi connectivity index (χ4n) is 3.48. The zero-order valence-electron chi connectivity index (χ0n) is 13.2. The van der Waals surface area contributed by atoms with Gasteiger partial charge in [-0.25, -0.2) is 0 Å². The monoisotopic (exact) mass is 288 g/mol. The van der Waals surface area contributed by atoms with Gasteiger partial charge in [0.2, 0.25) is 0 Å². The predicted octanol–water partition coefficient (Wildman–Crippen LogP) is 1.51. The van der Waals surface area contributed by atoms with Gasteiger partial charge in [0.15, 0.2) is 0 Å². The van der Waals surface area contributed by atoms with Gasteiger partial charge in [0.1, 0.15) is 0 Å². The van der Waals surface area contributed by atoms with Crippen LogP contribution in [0.2, 0.25) is 0 Å². The van der Waals surface area contributed by atoms with Gasteiger partial charge in [-0.05, 0) is 50.4 Å². The Balaban J connectivity index is 1.43. The number of nitrogens with one attached hydrogen (secondary N) is 1. The second-order valence-electron chi connectivity index (χ2n) is 6.52. The maximum Gasteiger partial charge on any atom is 0.0417 e. The third kappa shape index (κ3) is 4.25. The Kier molecular flexibility index (Phi) is 5.22. The minimum absolute atomic E-state index is 0.915. The first kappa shape index (κ1) is 14.9. The van der Waals surface area contributed by atoms with Gasteiger partial charge >= 0.3 is 0 Å². The van der Waals surface area contributed by atoms with Crippen molar-refractivity contribution >= 4 is 0 Å². The van der Waals surface area contributed by atoms with Crippen molar-refractivity contribution in [1.82, 2.24) is 20.1 Å². The van der Waals surface area contributed by atoms with E-state index >= 15 is 0 Å². The molecule has 2 fully saturated rings. The van der Waals surface area contributed by atoms with Gasteiger partial charge in [0, 0.05) is 51.2 Å². The molecule has 1 N–H and O–H groups in total. The largest absolute Gasteiger partial charge is 0.317 e. The molecule has 3 heterocycles. The maximum absolute atomic E-state index is 4.39. The second kappa shape index (κ2) is 7.34. The minimum Gasteiger partial charge on any atom is -0.317 e. The van der Waals surface area contributed by atoms with Crippen LogP contribution in [0.4, 0.5) is 0 Å². The molecule has 1 aromatic heterocycles. The van der Waals surface area contributed by atoms with Crippen LogP contribution < -0.4 is 5.32 Å². The van der Waals surface area contributed by atoms with Crippen molar-refractivity contribution in [3.8, 4) is 0 Å². The molecule has 4 nitrogen and oxygen atoms in total. The SMILES string of the molecule is Cc1ncccc1CN1CCN(CC2CCNCC2)CC1. The first-order chi connectivity index (χ1) is 10.3. The summed E-state index contributed by atoms with van der Waals surface area (Å²) in [6, 6.07) is 4.26. The van der Waals surface area contributed by atoms with Crippen molar-refractivity contribution in [2.24, 2.45) is 5.92 Å². The van der Waals surface area contributed by atoms with Crippen LogP contribution in [0.15, 0.2) is 18.3 Å². The van der Waals surface area contributed by atoms with Gasteiger partial charge in [0.25, 0.3) is 0 Å². The number of piperazine rings is 1. The standard InChI is InChI=1S/C17H28N4/c1-15-17(3-2-6-19-15)14-21-11-9-20(10-12-21)13-16-4-7-18-8-5-16/h2-3,6,16,18H,4-5,7-14H2,1H3. The number of piperidine rings is 1. The van der Waals surface area contributed by atoms with E-state index in [4.69, 9.17) is 0 Å². The van der Waals surface area contributed by atoms with Gasteiger partial charge in [-0.3, -0.25) is 9.88 Å². The second-order valence-corrected chi connectivity index (χ2v) is 6.52. The van der Waals surface area contributed by atoms with Crippen LogP contribution in [0.5, 0.6) is 0 Å². The Morgan fingerprint density at radius 1 is 1.14 bits per heavy atom. The Labute approximate surface area is 128 Å². The third-order valence-electron chi connectivity index (χ3n) is 4.95. The summed E-state index contributed by atoms with van der Waals surface area (Å²) in [5, 5.41) is 3.46. The van der Waals surface area contributed by atoms with Gasteiger partial charge in [0.05, 0.1) is 0 Å². The Morgan fingerprint density at radius 2 is 1.86 bits per heavy atom. The topological polar surface area (TPSA) is 31.4 Å².